The molecule has 0 amide bonds. The summed E-state index contributed by atoms with van der Waals surface area (Å²) in [5.74, 6) is -6.63. The van der Waals surface area contributed by atoms with Crippen molar-refractivity contribution in [3.05, 3.63) is 101 Å². The molecule has 0 unspecified atom stereocenters. The SMILES string of the molecule is Cc1cc(F)c(C(F)(F)Oc2ccc(F)c(F)c2)c(F)c1.Fc1ccccc1.OCO. The zero-order chi connectivity index (χ0) is 23.6. The molecule has 0 bridgehead atoms. The minimum Gasteiger partial charge on any atom is -0.429 e. The van der Waals surface area contributed by atoms with E-state index in [-0.39, 0.29) is 11.4 Å². The third-order valence-corrected chi connectivity index (χ3v) is 3.35. The molecule has 10 heteroatoms. The van der Waals surface area contributed by atoms with Crippen LogP contribution < -0.4 is 4.74 Å². The van der Waals surface area contributed by atoms with Crippen molar-refractivity contribution < 1.29 is 45.7 Å². The molecule has 0 fully saturated rings. The number of halogens is 7. The number of aliphatic hydroxyl groups excluding tert-OH is 1. The third-order valence-electron chi connectivity index (χ3n) is 3.35. The lowest BCUT2D eigenvalue weighted by atomic mass is 10.1. The van der Waals surface area contributed by atoms with Crippen LogP contribution >= 0.6 is 0 Å². The van der Waals surface area contributed by atoms with E-state index in [1.807, 2.05) is 0 Å². The van der Waals surface area contributed by atoms with Crippen LogP contribution in [0.4, 0.5) is 30.7 Å². The number of aliphatic hydroxyl groups is 2. The van der Waals surface area contributed by atoms with Crippen LogP contribution in [-0.4, -0.2) is 17.0 Å². The van der Waals surface area contributed by atoms with E-state index in [1.54, 1.807) is 18.2 Å². The van der Waals surface area contributed by atoms with Crippen LogP contribution in [0.15, 0.2) is 60.7 Å². The molecule has 0 aliphatic rings. The average molecular weight is 450 g/mol. The van der Waals surface area contributed by atoms with E-state index in [9.17, 15) is 30.7 Å². The van der Waals surface area contributed by atoms with Crippen molar-refractivity contribution in [3.8, 4) is 5.75 Å². The van der Waals surface area contributed by atoms with Crippen LogP contribution in [0.1, 0.15) is 11.1 Å². The highest BCUT2D eigenvalue weighted by Gasteiger charge is 2.41. The Morgan fingerprint density at radius 1 is 0.742 bits per heavy atom. The van der Waals surface area contributed by atoms with E-state index in [1.165, 1.54) is 19.1 Å². The van der Waals surface area contributed by atoms with Crippen molar-refractivity contribution in [2.75, 3.05) is 6.79 Å². The molecule has 3 aromatic rings. The zero-order valence-electron chi connectivity index (χ0n) is 15.9. The average Bonchev–Trinajstić information content (AvgIpc) is 2.65. The number of aryl methyl sites for hydroxylation is 1. The second-order valence-electron chi connectivity index (χ2n) is 5.74. The lowest BCUT2D eigenvalue weighted by Crippen LogP contribution is -2.25. The topological polar surface area (TPSA) is 49.7 Å². The van der Waals surface area contributed by atoms with Gasteiger partial charge in [-0.1, -0.05) is 18.2 Å². The van der Waals surface area contributed by atoms with E-state index >= 15 is 0 Å². The molecule has 31 heavy (non-hydrogen) atoms. The fraction of sp³-hybridized carbons (Fsp3) is 0.143. The first-order valence-electron chi connectivity index (χ1n) is 8.42. The van der Waals surface area contributed by atoms with Crippen LogP contribution in [0.5, 0.6) is 5.75 Å². The Morgan fingerprint density at radius 2 is 1.26 bits per heavy atom. The number of alkyl halides is 2. The van der Waals surface area contributed by atoms with Crippen LogP contribution in [0.3, 0.4) is 0 Å². The summed E-state index contributed by atoms with van der Waals surface area (Å²) in [6.07, 6.45) is -4.38. The van der Waals surface area contributed by atoms with Gasteiger partial charge in [-0.15, -0.1) is 0 Å². The highest BCUT2D eigenvalue weighted by atomic mass is 19.3. The molecule has 3 rings (SSSR count). The molecule has 168 valence electrons. The number of hydrogen-bond acceptors (Lipinski definition) is 3. The maximum absolute atomic E-state index is 13.8. The van der Waals surface area contributed by atoms with Crippen molar-refractivity contribution in [3.63, 3.8) is 0 Å². The predicted octanol–water partition coefficient (Wildman–Crippen LogP) is 5.43. The number of benzene rings is 3. The van der Waals surface area contributed by atoms with E-state index in [2.05, 4.69) is 4.74 Å². The summed E-state index contributed by atoms with van der Waals surface area (Å²) < 4.78 is 96.3. The molecule has 0 aliphatic heterocycles. The maximum atomic E-state index is 13.8. The van der Waals surface area contributed by atoms with Gasteiger partial charge < -0.3 is 14.9 Å². The second kappa shape index (κ2) is 11.9. The normalized spacial score (nSPS) is 10.4. The molecule has 3 nitrogen and oxygen atoms in total. The van der Waals surface area contributed by atoms with Gasteiger partial charge in [0.2, 0.25) is 0 Å². The molecular formula is C21H17F7O3. The quantitative estimate of drug-likeness (QED) is 0.413. The second-order valence-corrected chi connectivity index (χ2v) is 5.74. The first-order chi connectivity index (χ1) is 14.5. The molecular weight excluding hydrogens is 433 g/mol. The van der Waals surface area contributed by atoms with Gasteiger partial charge in [0.25, 0.3) is 0 Å². The Kier molecular flexibility index (Phi) is 9.97. The Morgan fingerprint density at radius 3 is 1.68 bits per heavy atom. The molecule has 0 spiro atoms. The fourth-order valence-corrected chi connectivity index (χ4v) is 2.13. The standard InChI is InChI=1S/C14H8F6O.C6H5F.CH4O2/c1-7-4-11(17)13(12(18)5-7)14(19,20)21-8-2-3-9(15)10(16)6-8;7-6-4-2-1-3-5-6;2-1-3/h2-6H,1H3;1-5H;2-3H,1H2. The Balaban J connectivity index is 0.000000397. The first-order valence-corrected chi connectivity index (χ1v) is 8.42. The fourth-order valence-electron chi connectivity index (χ4n) is 2.13. The molecule has 2 N–H and O–H groups in total. The predicted molar refractivity (Wildman–Crippen MR) is 97.7 cm³/mol. The zero-order valence-corrected chi connectivity index (χ0v) is 15.9. The van der Waals surface area contributed by atoms with Gasteiger partial charge in [0.15, 0.2) is 11.6 Å². The van der Waals surface area contributed by atoms with Gasteiger partial charge in [-0.05, 0) is 48.9 Å². The van der Waals surface area contributed by atoms with E-state index in [0.717, 1.165) is 6.07 Å². The minimum atomic E-state index is -4.38. The van der Waals surface area contributed by atoms with Crippen LogP contribution in [0, 0.1) is 36.0 Å². The minimum absolute atomic E-state index is 0.109. The maximum Gasteiger partial charge on any atom is 0.432 e. The molecule has 3 aromatic carbocycles. The van der Waals surface area contributed by atoms with Crippen LogP contribution in [-0.2, 0) is 6.11 Å². The number of ether oxygens (including phenoxy) is 1. The van der Waals surface area contributed by atoms with E-state index in [4.69, 9.17) is 10.2 Å². The summed E-state index contributed by atoms with van der Waals surface area (Å²) in [5.41, 5.74) is -1.49. The summed E-state index contributed by atoms with van der Waals surface area (Å²) in [7, 11) is 0. The van der Waals surface area contributed by atoms with Gasteiger partial charge >= 0.3 is 6.11 Å². The van der Waals surface area contributed by atoms with E-state index in [0.29, 0.717) is 24.3 Å². The molecule has 0 saturated heterocycles. The van der Waals surface area contributed by atoms with Crippen molar-refractivity contribution in [2.45, 2.75) is 13.0 Å². The third kappa shape index (κ3) is 8.27. The van der Waals surface area contributed by atoms with Gasteiger partial charge in [-0.3, -0.25) is 0 Å². The molecule has 0 heterocycles. The first kappa shape index (κ1) is 25.9. The van der Waals surface area contributed by atoms with Crippen LogP contribution in [0.25, 0.3) is 0 Å². The number of hydrogen-bond donors (Lipinski definition) is 2. The molecule has 0 aliphatic carbocycles. The Hall–Kier alpha value is -3.11. The van der Waals surface area contributed by atoms with Gasteiger partial charge in [-0.25, -0.2) is 22.0 Å². The lowest BCUT2D eigenvalue weighted by Gasteiger charge is -2.19. The molecule has 0 saturated carbocycles. The van der Waals surface area contributed by atoms with Crippen molar-refractivity contribution >= 4 is 0 Å². The monoisotopic (exact) mass is 450 g/mol. The van der Waals surface area contributed by atoms with Gasteiger partial charge in [0.05, 0.1) is 0 Å². The highest BCUT2D eigenvalue weighted by molar-refractivity contribution is 5.30. The summed E-state index contributed by atoms with van der Waals surface area (Å²) >= 11 is 0. The highest BCUT2D eigenvalue weighted by Crippen LogP contribution is 2.35. The summed E-state index contributed by atoms with van der Waals surface area (Å²) in [5, 5.41) is 14.2. The van der Waals surface area contributed by atoms with Gasteiger partial charge in [0.1, 0.15) is 35.6 Å². The molecule has 0 aromatic heterocycles. The molecule has 0 atom stereocenters. The lowest BCUT2D eigenvalue weighted by molar-refractivity contribution is -0.189. The smallest absolute Gasteiger partial charge is 0.429 e. The van der Waals surface area contributed by atoms with Crippen molar-refractivity contribution in [2.24, 2.45) is 0 Å². The van der Waals surface area contributed by atoms with Gasteiger partial charge in [0, 0.05) is 6.07 Å². The number of rotatable bonds is 3. The summed E-state index contributed by atoms with van der Waals surface area (Å²) in [4.78, 5) is 0. The van der Waals surface area contributed by atoms with Crippen molar-refractivity contribution in [1.29, 1.82) is 0 Å². The Labute approximate surface area is 173 Å². The van der Waals surface area contributed by atoms with Crippen LogP contribution in [0.2, 0.25) is 0 Å². The largest absolute Gasteiger partial charge is 0.432 e. The van der Waals surface area contributed by atoms with Gasteiger partial charge in [-0.2, -0.15) is 8.78 Å². The van der Waals surface area contributed by atoms with Crippen molar-refractivity contribution in [1.82, 2.24) is 0 Å². The van der Waals surface area contributed by atoms with E-state index < -0.39 is 47.5 Å². The molecule has 0 radical (unpaired) electrons. The summed E-state index contributed by atoms with van der Waals surface area (Å²) in [6.45, 7) is 0.574. The summed E-state index contributed by atoms with van der Waals surface area (Å²) in [6, 6.07) is 11.0. The Bertz CT molecular complexity index is 943.